The fraction of sp³-hybridized carbons (Fsp3) is 0.273. The Morgan fingerprint density at radius 3 is 2.61 bits per heavy atom. The van der Waals surface area contributed by atoms with E-state index in [9.17, 15) is 5.11 Å². The molecular formula is C11H10Cl3N3O. The summed E-state index contributed by atoms with van der Waals surface area (Å²) in [6.45, 7) is 1.99. The van der Waals surface area contributed by atoms with Crippen molar-refractivity contribution in [3.05, 3.63) is 44.9 Å². The lowest BCUT2D eigenvalue weighted by Crippen LogP contribution is -2.11. The number of benzene rings is 1. The minimum atomic E-state index is -0.800. The van der Waals surface area contributed by atoms with Gasteiger partial charge in [0.15, 0.2) is 0 Å². The number of hydrogen-bond acceptors (Lipinski definition) is 3. The van der Waals surface area contributed by atoms with Crippen LogP contribution in [0.2, 0.25) is 15.3 Å². The van der Waals surface area contributed by atoms with Gasteiger partial charge in [-0.25, -0.2) is 9.67 Å². The van der Waals surface area contributed by atoms with Crippen LogP contribution in [-0.4, -0.2) is 19.9 Å². The Morgan fingerprint density at radius 1 is 1.33 bits per heavy atom. The quantitative estimate of drug-likeness (QED) is 0.946. The Balaban J connectivity index is 2.21. The molecule has 0 amide bonds. The van der Waals surface area contributed by atoms with Crippen LogP contribution in [0.3, 0.4) is 0 Å². The normalized spacial score (nSPS) is 12.7. The first-order valence-electron chi connectivity index (χ1n) is 5.17. The van der Waals surface area contributed by atoms with E-state index in [2.05, 4.69) is 10.1 Å². The molecule has 2 aromatic rings. The fourth-order valence-corrected chi connectivity index (χ4v) is 2.34. The molecule has 0 aliphatic heterocycles. The van der Waals surface area contributed by atoms with Gasteiger partial charge in [-0.15, -0.1) is 5.10 Å². The van der Waals surface area contributed by atoms with Gasteiger partial charge in [-0.1, -0.05) is 29.3 Å². The van der Waals surface area contributed by atoms with E-state index in [1.54, 1.807) is 25.1 Å². The lowest BCUT2D eigenvalue weighted by Gasteiger charge is -2.13. The third-order valence-electron chi connectivity index (χ3n) is 2.50. The molecule has 0 bridgehead atoms. The minimum Gasteiger partial charge on any atom is -0.386 e. The van der Waals surface area contributed by atoms with Gasteiger partial charge in [0.1, 0.15) is 11.9 Å². The number of aryl methyl sites for hydroxylation is 1. The molecule has 18 heavy (non-hydrogen) atoms. The van der Waals surface area contributed by atoms with Gasteiger partial charge in [0.05, 0.1) is 6.54 Å². The van der Waals surface area contributed by atoms with Crippen LogP contribution in [0.5, 0.6) is 0 Å². The zero-order valence-electron chi connectivity index (χ0n) is 9.44. The van der Waals surface area contributed by atoms with Crippen LogP contribution in [-0.2, 0) is 6.54 Å². The van der Waals surface area contributed by atoms with Crippen LogP contribution in [0.15, 0.2) is 18.2 Å². The molecule has 0 aliphatic carbocycles. The molecule has 96 valence electrons. The van der Waals surface area contributed by atoms with Gasteiger partial charge in [0.2, 0.25) is 5.28 Å². The summed E-state index contributed by atoms with van der Waals surface area (Å²) in [6, 6.07) is 4.94. The number of aliphatic hydroxyl groups is 1. The maximum Gasteiger partial charge on any atom is 0.242 e. The van der Waals surface area contributed by atoms with Crippen molar-refractivity contribution in [2.24, 2.45) is 0 Å². The Bertz CT molecular complexity index is 571. The van der Waals surface area contributed by atoms with Crippen molar-refractivity contribution >= 4 is 34.8 Å². The monoisotopic (exact) mass is 305 g/mol. The summed E-state index contributed by atoms with van der Waals surface area (Å²) in [7, 11) is 0. The molecule has 1 unspecified atom stereocenters. The standard InChI is InChI=1S/C11H10Cl3N3O/c1-6-15-11(14)16-17(6)5-10(18)8-3-2-7(12)4-9(8)13/h2-4,10,18H,5H2,1H3. The van der Waals surface area contributed by atoms with E-state index in [0.29, 0.717) is 21.4 Å². The predicted octanol–water partition coefficient (Wildman–Crippen LogP) is 3.28. The highest BCUT2D eigenvalue weighted by Gasteiger charge is 2.15. The van der Waals surface area contributed by atoms with Crippen molar-refractivity contribution in [3.8, 4) is 0 Å². The first-order chi connectivity index (χ1) is 8.47. The number of nitrogens with zero attached hydrogens (tertiary/aromatic N) is 3. The molecule has 1 atom stereocenters. The smallest absolute Gasteiger partial charge is 0.242 e. The van der Waals surface area contributed by atoms with E-state index in [4.69, 9.17) is 34.8 Å². The molecule has 0 aliphatic rings. The van der Waals surface area contributed by atoms with Gasteiger partial charge in [-0.05, 0) is 30.7 Å². The Hall–Kier alpha value is -0.810. The first kappa shape index (κ1) is 13.6. The minimum absolute atomic E-state index is 0.155. The van der Waals surface area contributed by atoms with E-state index >= 15 is 0 Å². The van der Waals surface area contributed by atoms with Crippen molar-refractivity contribution in [1.29, 1.82) is 0 Å². The number of aliphatic hydroxyl groups excluding tert-OH is 1. The van der Waals surface area contributed by atoms with Crippen LogP contribution in [0.4, 0.5) is 0 Å². The van der Waals surface area contributed by atoms with Crippen LogP contribution < -0.4 is 0 Å². The average Bonchev–Trinajstić information content (AvgIpc) is 2.57. The maximum atomic E-state index is 10.1. The second-order valence-corrected chi connectivity index (χ2v) is 4.97. The van der Waals surface area contributed by atoms with Gasteiger partial charge < -0.3 is 5.11 Å². The maximum absolute atomic E-state index is 10.1. The summed E-state index contributed by atoms with van der Waals surface area (Å²) in [5.74, 6) is 0.629. The third kappa shape index (κ3) is 2.95. The van der Waals surface area contributed by atoms with Gasteiger partial charge in [0.25, 0.3) is 0 Å². The number of aromatic nitrogens is 3. The summed E-state index contributed by atoms with van der Waals surface area (Å²) in [5.41, 5.74) is 0.590. The predicted molar refractivity (Wildman–Crippen MR) is 71.2 cm³/mol. The molecule has 0 radical (unpaired) electrons. The summed E-state index contributed by atoms with van der Waals surface area (Å²) in [5, 5.41) is 15.2. The SMILES string of the molecule is Cc1nc(Cl)nn1CC(O)c1ccc(Cl)cc1Cl. The molecule has 0 saturated heterocycles. The summed E-state index contributed by atoms with van der Waals surface area (Å²) >= 11 is 17.5. The van der Waals surface area contributed by atoms with E-state index in [-0.39, 0.29) is 11.8 Å². The highest BCUT2D eigenvalue weighted by molar-refractivity contribution is 6.35. The lowest BCUT2D eigenvalue weighted by atomic mass is 10.1. The van der Waals surface area contributed by atoms with Crippen molar-refractivity contribution < 1.29 is 5.11 Å². The molecule has 2 rings (SSSR count). The largest absolute Gasteiger partial charge is 0.386 e. The Kier molecular flexibility index (Phi) is 4.12. The Morgan fingerprint density at radius 2 is 2.06 bits per heavy atom. The van der Waals surface area contributed by atoms with E-state index in [1.165, 1.54) is 4.68 Å². The second kappa shape index (κ2) is 5.45. The van der Waals surface area contributed by atoms with Crippen molar-refractivity contribution in [2.45, 2.75) is 19.6 Å². The molecule has 1 aromatic carbocycles. The number of halogens is 3. The van der Waals surface area contributed by atoms with Crippen LogP contribution >= 0.6 is 34.8 Å². The van der Waals surface area contributed by atoms with E-state index in [1.807, 2.05) is 0 Å². The number of rotatable bonds is 3. The third-order valence-corrected chi connectivity index (χ3v) is 3.22. The van der Waals surface area contributed by atoms with E-state index in [0.717, 1.165) is 0 Å². The molecule has 0 spiro atoms. The van der Waals surface area contributed by atoms with Gasteiger partial charge in [-0.2, -0.15) is 0 Å². The van der Waals surface area contributed by atoms with Crippen LogP contribution in [0.25, 0.3) is 0 Å². The summed E-state index contributed by atoms with van der Waals surface area (Å²) < 4.78 is 1.53. The lowest BCUT2D eigenvalue weighted by molar-refractivity contribution is 0.150. The average molecular weight is 307 g/mol. The summed E-state index contributed by atoms with van der Waals surface area (Å²) in [6.07, 6.45) is -0.800. The van der Waals surface area contributed by atoms with Gasteiger partial charge in [0, 0.05) is 15.6 Å². The highest BCUT2D eigenvalue weighted by atomic mass is 35.5. The van der Waals surface area contributed by atoms with Crippen LogP contribution in [0, 0.1) is 6.92 Å². The highest BCUT2D eigenvalue weighted by Crippen LogP contribution is 2.27. The zero-order valence-corrected chi connectivity index (χ0v) is 11.7. The molecule has 0 fully saturated rings. The van der Waals surface area contributed by atoms with E-state index < -0.39 is 6.10 Å². The fourth-order valence-electron chi connectivity index (χ4n) is 1.59. The second-order valence-electron chi connectivity index (χ2n) is 3.79. The van der Waals surface area contributed by atoms with Crippen molar-refractivity contribution in [1.82, 2.24) is 14.8 Å². The molecule has 0 saturated carbocycles. The summed E-state index contributed by atoms with van der Waals surface area (Å²) in [4.78, 5) is 3.95. The molecule has 1 heterocycles. The number of hydrogen-bond donors (Lipinski definition) is 1. The topological polar surface area (TPSA) is 50.9 Å². The van der Waals surface area contributed by atoms with Crippen molar-refractivity contribution in [3.63, 3.8) is 0 Å². The first-order valence-corrected chi connectivity index (χ1v) is 6.30. The molecule has 1 N–H and O–H groups in total. The van der Waals surface area contributed by atoms with Gasteiger partial charge >= 0.3 is 0 Å². The zero-order chi connectivity index (χ0) is 13.3. The van der Waals surface area contributed by atoms with Crippen molar-refractivity contribution in [2.75, 3.05) is 0 Å². The molecule has 7 heteroatoms. The Labute approximate surface area is 119 Å². The molecule has 4 nitrogen and oxygen atoms in total. The van der Waals surface area contributed by atoms with Crippen LogP contribution in [0.1, 0.15) is 17.5 Å². The van der Waals surface area contributed by atoms with Gasteiger partial charge in [-0.3, -0.25) is 0 Å². The molecular weight excluding hydrogens is 296 g/mol. The molecule has 1 aromatic heterocycles.